The van der Waals surface area contributed by atoms with E-state index < -0.39 is 16.7 Å². The van der Waals surface area contributed by atoms with Crippen LogP contribution >= 0.6 is 0 Å². The van der Waals surface area contributed by atoms with Crippen LogP contribution in [0.3, 0.4) is 0 Å². The number of hydroxylamine groups is 3. The van der Waals surface area contributed by atoms with Gasteiger partial charge in [0.05, 0.1) is 18.5 Å². The quantitative estimate of drug-likeness (QED) is 0.292. The Balaban J connectivity index is 1.50. The van der Waals surface area contributed by atoms with Crippen LogP contribution < -0.4 is 4.74 Å². The summed E-state index contributed by atoms with van der Waals surface area (Å²) in [5.41, 5.74) is 4.02. The number of hydrogen-bond acceptors (Lipinski definition) is 6. The Labute approximate surface area is 192 Å². The molecule has 4 rings (SSSR count). The number of hydrogen-bond donors (Lipinski definition) is 0. The van der Waals surface area contributed by atoms with E-state index in [2.05, 4.69) is 9.97 Å². The predicted molar refractivity (Wildman–Crippen MR) is 119 cm³/mol. The zero-order valence-electron chi connectivity index (χ0n) is 18.9. The standard InChI is InChI=1S/C25H26FN3O4/c1-4-32-25(30)24-21-14-29(31,13-19(21)9-10-27-24)17(3)22-11-16(2)23(12-28-22)33-15-18-5-7-20(26)8-6-18/h5-12,17H,4,13-15H2,1-3H3. The molecule has 2 unspecified atom stereocenters. The highest BCUT2D eigenvalue weighted by Crippen LogP contribution is 2.39. The molecule has 0 spiro atoms. The topological polar surface area (TPSA) is 84.4 Å². The highest BCUT2D eigenvalue weighted by atomic mass is 19.1. The fraction of sp³-hybridized carbons (Fsp3) is 0.320. The molecule has 0 fully saturated rings. The third-order valence-electron chi connectivity index (χ3n) is 6.01. The minimum absolute atomic E-state index is 0.127. The van der Waals surface area contributed by atoms with Gasteiger partial charge in [0.1, 0.15) is 37.3 Å². The molecule has 1 aliphatic heterocycles. The van der Waals surface area contributed by atoms with Crippen molar-refractivity contribution < 1.29 is 23.3 Å². The third kappa shape index (κ3) is 4.72. The number of carbonyl (C=O) groups excluding carboxylic acids is 1. The number of fused-ring (bicyclic) bond motifs is 1. The van der Waals surface area contributed by atoms with Crippen molar-refractivity contribution in [3.63, 3.8) is 0 Å². The molecule has 0 saturated heterocycles. The molecule has 0 saturated carbocycles. The smallest absolute Gasteiger partial charge is 0.357 e. The molecule has 0 aliphatic carbocycles. The molecular formula is C25H26FN3O4. The largest absolute Gasteiger partial charge is 0.632 e. The van der Waals surface area contributed by atoms with Crippen LogP contribution in [0.2, 0.25) is 0 Å². The number of esters is 1. The van der Waals surface area contributed by atoms with Gasteiger partial charge >= 0.3 is 5.97 Å². The Kier molecular flexibility index (Phi) is 6.40. The van der Waals surface area contributed by atoms with Gasteiger partial charge in [0.15, 0.2) is 5.69 Å². The maximum atomic E-state index is 13.8. The number of ether oxygens (including phenoxy) is 2. The molecule has 1 aliphatic rings. The summed E-state index contributed by atoms with van der Waals surface area (Å²) < 4.78 is 23.4. The van der Waals surface area contributed by atoms with Crippen LogP contribution in [0.5, 0.6) is 5.75 Å². The van der Waals surface area contributed by atoms with Gasteiger partial charge in [-0.3, -0.25) is 4.98 Å². The monoisotopic (exact) mass is 451 g/mol. The lowest BCUT2D eigenvalue weighted by Gasteiger charge is -2.43. The van der Waals surface area contributed by atoms with Crippen LogP contribution in [-0.2, 0) is 24.4 Å². The van der Waals surface area contributed by atoms with E-state index in [0.29, 0.717) is 17.0 Å². The number of benzene rings is 1. The molecule has 33 heavy (non-hydrogen) atoms. The van der Waals surface area contributed by atoms with Gasteiger partial charge in [-0.25, -0.2) is 14.2 Å². The van der Waals surface area contributed by atoms with Gasteiger partial charge in [-0.05, 0) is 56.2 Å². The van der Waals surface area contributed by atoms with E-state index in [1.54, 1.807) is 37.5 Å². The number of pyridine rings is 2. The van der Waals surface area contributed by atoms with E-state index in [1.165, 1.54) is 12.1 Å². The highest BCUT2D eigenvalue weighted by Gasteiger charge is 2.38. The summed E-state index contributed by atoms with van der Waals surface area (Å²) in [4.78, 5) is 20.9. The lowest BCUT2D eigenvalue weighted by atomic mass is 10.1. The van der Waals surface area contributed by atoms with Crippen molar-refractivity contribution in [1.29, 1.82) is 0 Å². The number of quaternary nitrogens is 1. The van der Waals surface area contributed by atoms with E-state index in [-0.39, 0.29) is 37.8 Å². The molecular weight excluding hydrogens is 425 g/mol. The Morgan fingerprint density at radius 3 is 2.67 bits per heavy atom. The van der Waals surface area contributed by atoms with Crippen molar-refractivity contribution in [2.45, 2.75) is 46.5 Å². The third-order valence-corrected chi connectivity index (χ3v) is 6.01. The number of rotatable bonds is 7. The number of aromatic nitrogens is 2. The van der Waals surface area contributed by atoms with Crippen molar-refractivity contribution in [1.82, 2.24) is 9.97 Å². The summed E-state index contributed by atoms with van der Waals surface area (Å²) in [6.45, 7) is 6.37. The Hall–Kier alpha value is -3.36. The molecule has 0 amide bonds. The van der Waals surface area contributed by atoms with E-state index in [4.69, 9.17) is 9.47 Å². The van der Waals surface area contributed by atoms with Crippen molar-refractivity contribution in [2.75, 3.05) is 6.61 Å². The van der Waals surface area contributed by atoms with Gasteiger partial charge in [-0.15, -0.1) is 0 Å². The van der Waals surface area contributed by atoms with Crippen LogP contribution in [0.4, 0.5) is 4.39 Å². The van der Waals surface area contributed by atoms with Gasteiger partial charge in [-0.2, -0.15) is 0 Å². The summed E-state index contributed by atoms with van der Waals surface area (Å²) in [6.07, 6.45) is 3.16. The van der Waals surface area contributed by atoms with E-state index in [0.717, 1.165) is 16.7 Å². The van der Waals surface area contributed by atoms with Gasteiger partial charge < -0.3 is 19.3 Å². The van der Waals surface area contributed by atoms with Crippen LogP contribution in [0.1, 0.15) is 58.3 Å². The van der Waals surface area contributed by atoms with E-state index in [9.17, 15) is 14.4 Å². The average molecular weight is 451 g/mol. The van der Waals surface area contributed by atoms with E-state index >= 15 is 0 Å². The minimum Gasteiger partial charge on any atom is -0.632 e. The first kappa shape index (κ1) is 22.8. The Morgan fingerprint density at radius 2 is 1.97 bits per heavy atom. The Morgan fingerprint density at radius 1 is 1.21 bits per heavy atom. The molecule has 3 aromatic rings. The fourth-order valence-electron chi connectivity index (χ4n) is 4.05. The van der Waals surface area contributed by atoms with Crippen molar-refractivity contribution >= 4 is 5.97 Å². The summed E-state index contributed by atoms with van der Waals surface area (Å²) in [6, 6.07) is 9.31. The first-order valence-electron chi connectivity index (χ1n) is 10.9. The van der Waals surface area contributed by atoms with Gasteiger partial charge in [0.25, 0.3) is 0 Å². The van der Waals surface area contributed by atoms with Crippen LogP contribution in [0.25, 0.3) is 0 Å². The molecule has 0 radical (unpaired) electrons. The van der Waals surface area contributed by atoms with Crippen LogP contribution in [0.15, 0.2) is 48.8 Å². The van der Waals surface area contributed by atoms with Crippen molar-refractivity contribution in [2.24, 2.45) is 0 Å². The SMILES string of the molecule is CCOC(=O)c1nccc2c1C[N+]([O-])(C(C)c1cc(C)c(OCc3ccc(F)cc3)cn1)C2. The molecule has 3 heterocycles. The molecule has 8 heteroatoms. The molecule has 2 aromatic heterocycles. The fourth-order valence-corrected chi connectivity index (χ4v) is 4.05. The van der Waals surface area contributed by atoms with Crippen LogP contribution in [0, 0.1) is 17.9 Å². The summed E-state index contributed by atoms with van der Waals surface area (Å²) in [5, 5.41) is 13.8. The number of halogens is 1. The van der Waals surface area contributed by atoms with Crippen molar-refractivity contribution in [3.05, 3.63) is 93.5 Å². The second-order valence-electron chi connectivity index (χ2n) is 8.25. The molecule has 0 N–H and O–H groups in total. The molecule has 1 aromatic carbocycles. The lowest BCUT2D eigenvalue weighted by molar-refractivity contribution is -0.929. The molecule has 2 atom stereocenters. The maximum absolute atomic E-state index is 13.8. The Bertz CT molecular complexity index is 1170. The van der Waals surface area contributed by atoms with Crippen LogP contribution in [-0.4, -0.2) is 27.2 Å². The van der Waals surface area contributed by atoms with Gasteiger partial charge in [0.2, 0.25) is 0 Å². The zero-order chi connectivity index (χ0) is 23.6. The van der Waals surface area contributed by atoms with Gasteiger partial charge in [-0.1, -0.05) is 12.1 Å². The first-order chi connectivity index (χ1) is 15.8. The second kappa shape index (κ2) is 9.25. The number of carbonyl (C=O) groups is 1. The first-order valence-corrected chi connectivity index (χ1v) is 10.9. The molecule has 0 bridgehead atoms. The second-order valence-corrected chi connectivity index (χ2v) is 8.25. The summed E-state index contributed by atoms with van der Waals surface area (Å²) in [7, 11) is 0. The normalized spacial score (nSPS) is 18.0. The molecule has 7 nitrogen and oxygen atoms in total. The summed E-state index contributed by atoms with van der Waals surface area (Å²) in [5.74, 6) is -0.197. The predicted octanol–water partition coefficient (Wildman–Crippen LogP) is 4.77. The molecule has 172 valence electrons. The number of nitrogens with zero attached hydrogens (tertiary/aromatic N) is 3. The van der Waals surface area contributed by atoms with Gasteiger partial charge in [0, 0.05) is 17.3 Å². The van der Waals surface area contributed by atoms with E-state index in [1.807, 2.05) is 19.9 Å². The lowest BCUT2D eigenvalue weighted by Crippen LogP contribution is -2.39. The number of aryl methyl sites for hydroxylation is 1. The average Bonchev–Trinajstić information content (AvgIpc) is 3.16. The zero-order valence-corrected chi connectivity index (χ0v) is 18.9. The summed E-state index contributed by atoms with van der Waals surface area (Å²) >= 11 is 0. The minimum atomic E-state index is -0.560. The van der Waals surface area contributed by atoms with Crippen molar-refractivity contribution in [3.8, 4) is 5.75 Å². The maximum Gasteiger partial charge on any atom is 0.357 e. The highest BCUT2D eigenvalue weighted by molar-refractivity contribution is 5.89.